The third-order valence-corrected chi connectivity index (χ3v) is 1.62. The molecule has 1 rings (SSSR count). The van der Waals surface area contributed by atoms with Crippen molar-refractivity contribution in [2.45, 2.75) is 19.5 Å². The Balaban J connectivity index is 0.000000325. The van der Waals surface area contributed by atoms with Crippen LogP contribution in [0.2, 0.25) is 0 Å². The van der Waals surface area contributed by atoms with Gasteiger partial charge < -0.3 is 5.11 Å². The first-order chi connectivity index (χ1) is 7.82. The van der Waals surface area contributed by atoms with Gasteiger partial charge in [0.2, 0.25) is 0 Å². The van der Waals surface area contributed by atoms with Crippen molar-refractivity contribution < 1.29 is 23.1 Å². The van der Waals surface area contributed by atoms with E-state index in [1.807, 2.05) is 25.1 Å². The van der Waals surface area contributed by atoms with Gasteiger partial charge in [0.1, 0.15) is 11.8 Å². The van der Waals surface area contributed by atoms with Gasteiger partial charge in [-0.25, -0.2) is 9.78 Å². The lowest BCUT2D eigenvalue weighted by Crippen LogP contribution is -2.21. The van der Waals surface area contributed by atoms with Crippen molar-refractivity contribution in [3.8, 4) is 6.07 Å². The number of hydrogen-bond acceptors (Lipinski definition) is 3. The number of rotatable bonds is 1. The lowest BCUT2D eigenvalue weighted by Gasteiger charge is -1.94. The van der Waals surface area contributed by atoms with E-state index < -0.39 is 12.1 Å². The molecule has 0 aliphatic carbocycles. The molecule has 1 aromatic heterocycles. The van der Waals surface area contributed by atoms with E-state index in [4.69, 9.17) is 15.2 Å². The number of halogens is 3. The van der Waals surface area contributed by atoms with Gasteiger partial charge in [-0.1, -0.05) is 13.0 Å². The highest BCUT2D eigenvalue weighted by molar-refractivity contribution is 5.73. The average Bonchev–Trinajstić information content (AvgIpc) is 2.28. The predicted molar refractivity (Wildman–Crippen MR) is 52.0 cm³/mol. The molecule has 92 valence electrons. The first kappa shape index (κ1) is 14.9. The van der Waals surface area contributed by atoms with Gasteiger partial charge in [-0.3, -0.25) is 0 Å². The van der Waals surface area contributed by atoms with Crippen LogP contribution in [-0.2, 0) is 11.2 Å². The number of hydrogen-bond donors (Lipinski definition) is 1. The molecule has 0 aromatic carbocycles. The molecule has 1 N–H and O–H groups in total. The third kappa shape index (κ3) is 5.51. The molecule has 0 fully saturated rings. The van der Waals surface area contributed by atoms with Gasteiger partial charge in [0, 0.05) is 6.20 Å². The van der Waals surface area contributed by atoms with E-state index in [1.54, 1.807) is 6.20 Å². The molecule has 17 heavy (non-hydrogen) atoms. The summed E-state index contributed by atoms with van der Waals surface area (Å²) in [5.41, 5.74) is 1.56. The number of pyridine rings is 1. The molecule has 0 aliphatic rings. The smallest absolute Gasteiger partial charge is 0.475 e. The summed E-state index contributed by atoms with van der Waals surface area (Å²) >= 11 is 0. The molecular formula is C10H9F3N2O2. The van der Waals surface area contributed by atoms with Crippen LogP contribution in [0, 0.1) is 11.3 Å². The monoisotopic (exact) mass is 246 g/mol. The second-order valence-electron chi connectivity index (χ2n) is 2.78. The number of carboxylic acids is 1. The molecule has 0 aliphatic heterocycles. The molecule has 7 heteroatoms. The molecule has 1 heterocycles. The Labute approximate surface area is 95.3 Å². The van der Waals surface area contributed by atoms with Gasteiger partial charge in [-0.05, 0) is 18.1 Å². The van der Waals surface area contributed by atoms with Crippen LogP contribution in [-0.4, -0.2) is 22.2 Å². The Morgan fingerprint density at radius 2 is 2.12 bits per heavy atom. The van der Waals surface area contributed by atoms with E-state index in [-0.39, 0.29) is 0 Å². The quantitative estimate of drug-likeness (QED) is 0.823. The van der Waals surface area contributed by atoms with Crippen LogP contribution >= 0.6 is 0 Å². The second-order valence-corrected chi connectivity index (χ2v) is 2.78. The lowest BCUT2D eigenvalue weighted by atomic mass is 10.1. The Kier molecular flexibility index (Phi) is 5.68. The van der Waals surface area contributed by atoms with Gasteiger partial charge in [-0.2, -0.15) is 18.4 Å². The maximum Gasteiger partial charge on any atom is 0.490 e. The van der Waals surface area contributed by atoms with E-state index >= 15 is 0 Å². The van der Waals surface area contributed by atoms with Gasteiger partial charge in [0.15, 0.2) is 0 Å². The highest BCUT2D eigenvalue weighted by Crippen LogP contribution is 2.13. The number of carboxylic acid groups (broad SMARTS) is 1. The van der Waals surface area contributed by atoms with Crippen LogP contribution < -0.4 is 0 Å². The van der Waals surface area contributed by atoms with Crippen LogP contribution in [0.25, 0.3) is 0 Å². The van der Waals surface area contributed by atoms with Gasteiger partial charge in [0.25, 0.3) is 0 Å². The van der Waals surface area contributed by atoms with Crippen molar-refractivity contribution in [2.24, 2.45) is 0 Å². The minimum Gasteiger partial charge on any atom is -0.475 e. The zero-order valence-corrected chi connectivity index (χ0v) is 8.82. The van der Waals surface area contributed by atoms with Crippen molar-refractivity contribution in [3.63, 3.8) is 0 Å². The molecule has 0 amide bonds. The number of nitriles is 1. The van der Waals surface area contributed by atoms with Crippen molar-refractivity contribution in [3.05, 3.63) is 29.6 Å². The Hall–Kier alpha value is -2.10. The van der Waals surface area contributed by atoms with Gasteiger partial charge in [0.05, 0.1) is 0 Å². The van der Waals surface area contributed by atoms with Crippen LogP contribution in [0.4, 0.5) is 13.2 Å². The SMILES string of the molecule is CCc1cccnc1C#N.O=C(O)C(F)(F)F. The maximum absolute atomic E-state index is 10.6. The minimum absolute atomic E-state index is 0.546. The summed E-state index contributed by atoms with van der Waals surface area (Å²) in [4.78, 5) is 12.8. The number of alkyl halides is 3. The largest absolute Gasteiger partial charge is 0.490 e. The summed E-state index contributed by atoms with van der Waals surface area (Å²) in [5.74, 6) is -2.76. The first-order valence-corrected chi connectivity index (χ1v) is 4.47. The number of nitrogens with zero attached hydrogens (tertiary/aromatic N) is 2. The molecule has 0 radical (unpaired) electrons. The van der Waals surface area contributed by atoms with Gasteiger partial charge >= 0.3 is 12.1 Å². The molecular weight excluding hydrogens is 237 g/mol. The topological polar surface area (TPSA) is 74.0 Å². The fraction of sp³-hybridized carbons (Fsp3) is 0.300. The number of aryl methyl sites for hydroxylation is 1. The number of aromatic nitrogens is 1. The van der Waals surface area contributed by atoms with Crippen LogP contribution in [0.3, 0.4) is 0 Å². The van der Waals surface area contributed by atoms with Crippen LogP contribution in [0.15, 0.2) is 18.3 Å². The van der Waals surface area contributed by atoms with Crippen molar-refractivity contribution >= 4 is 5.97 Å². The Morgan fingerprint density at radius 1 is 1.59 bits per heavy atom. The number of carbonyl (C=O) groups is 1. The van der Waals surface area contributed by atoms with Crippen molar-refractivity contribution in [1.29, 1.82) is 5.26 Å². The molecule has 1 aromatic rings. The molecule has 0 saturated heterocycles. The molecule has 4 nitrogen and oxygen atoms in total. The standard InChI is InChI=1S/C8H8N2.C2HF3O2/c1-2-7-4-3-5-10-8(7)6-9;3-2(4,5)1(6)7/h3-5H,2H2,1H3;(H,6,7). The third-order valence-electron chi connectivity index (χ3n) is 1.62. The second kappa shape index (κ2) is 6.48. The maximum atomic E-state index is 10.6. The predicted octanol–water partition coefficient (Wildman–Crippen LogP) is 2.15. The molecule has 0 unspecified atom stereocenters. The first-order valence-electron chi connectivity index (χ1n) is 4.47. The van der Waals surface area contributed by atoms with Crippen LogP contribution in [0.1, 0.15) is 18.2 Å². The zero-order chi connectivity index (χ0) is 13.5. The van der Waals surface area contributed by atoms with Gasteiger partial charge in [-0.15, -0.1) is 0 Å². The number of aliphatic carboxylic acids is 1. The molecule has 0 saturated carbocycles. The normalized spacial score (nSPS) is 9.82. The highest BCUT2D eigenvalue weighted by Gasteiger charge is 2.38. The summed E-state index contributed by atoms with van der Waals surface area (Å²) < 4.78 is 31.7. The van der Waals surface area contributed by atoms with Crippen LogP contribution in [0.5, 0.6) is 0 Å². The van der Waals surface area contributed by atoms with Crippen molar-refractivity contribution in [1.82, 2.24) is 4.98 Å². The summed E-state index contributed by atoms with van der Waals surface area (Å²) in [6.07, 6.45) is -2.57. The fourth-order valence-corrected chi connectivity index (χ4v) is 0.825. The summed E-state index contributed by atoms with van der Waals surface area (Å²) in [6, 6.07) is 5.80. The van der Waals surface area contributed by atoms with E-state index in [0.29, 0.717) is 5.69 Å². The van der Waals surface area contributed by atoms with E-state index in [2.05, 4.69) is 4.98 Å². The molecule has 0 atom stereocenters. The lowest BCUT2D eigenvalue weighted by molar-refractivity contribution is -0.192. The Morgan fingerprint density at radius 3 is 2.41 bits per heavy atom. The van der Waals surface area contributed by atoms with Crippen molar-refractivity contribution in [2.75, 3.05) is 0 Å². The Bertz CT molecular complexity index is 424. The average molecular weight is 246 g/mol. The molecule has 0 bridgehead atoms. The molecule has 0 spiro atoms. The highest BCUT2D eigenvalue weighted by atomic mass is 19.4. The van der Waals surface area contributed by atoms with E-state index in [9.17, 15) is 13.2 Å². The summed E-state index contributed by atoms with van der Waals surface area (Å²) in [6.45, 7) is 2.01. The summed E-state index contributed by atoms with van der Waals surface area (Å²) in [7, 11) is 0. The minimum atomic E-state index is -5.08. The summed E-state index contributed by atoms with van der Waals surface area (Å²) in [5, 5.41) is 15.7. The zero-order valence-electron chi connectivity index (χ0n) is 8.82. The van der Waals surface area contributed by atoms with E-state index in [0.717, 1.165) is 12.0 Å². The fourth-order valence-electron chi connectivity index (χ4n) is 0.825. The van der Waals surface area contributed by atoms with E-state index in [1.165, 1.54) is 0 Å².